The molecule has 59 heavy (non-hydrogen) atoms. The van der Waals surface area contributed by atoms with E-state index in [0.29, 0.717) is 13.1 Å². The first-order chi connectivity index (χ1) is 21.9. The molecule has 0 rings (SSSR count). The van der Waals surface area contributed by atoms with Crippen LogP contribution in [-0.4, -0.2) is 119 Å². The molecule has 0 saturated carbocycles. The standard InChI is InChI=1S/C4H13N3.5CH6O6P2.7Na/c5-1-3-7-4-2-6;5*2-8(3,4)1-9(5,6)7;;;;;;;/h7H,1-6H2;5*1H2,(H2,2,3,4)(H2,5,6,7);;;;;;;/q;;;;;;7*+1/p-7. The van der Waals surface area contributed by atoms with Crippen LogP contribution in [0.5, 0.6) is 0 Å². The van der Waals surface area contributed by atoms with Crippen molar-refractivity contribution in [1.82, 2.24) is 5.32 Å². The smallest absolute Gasteiger partial charge is 0.810 e. The third-order valence-electron chi connectivity index (χ3n) is 2.45. The Labute approximate surface area is 490 Å². The van der Waals surface area contributed by atoms with Gasteiger partial charge in [0, 0.05) is 38.0 Å². The van der Waals surface area contributed by atoms with Crippen LogP contribution in [-0.2, 0) is 45.7 Å². The Balaban J connectivity index is -0.0000000383. The predicted octanol–water partition coefficient (Wildman–Crippen LogP) is -30.4. The van der Waals surface area contributed by atoms with Crippen molar-refractivity contribution in [1.29, 1.82) is 0 Å². The molecule has 50 heteroatoms. The number of nitrogens with one attached hydrogen (secondary N) is 1. The fourth-order valence-electron chi connectivity index (χ4n) is 1.48. The van der Waals surface area contributed by atoms with E-state index in [0.717, 1.165) is 13.1 Å². The molecule has 0 spiro atoms. The topological polar surface area (TPSA) is 659 Å². The molecule has 0 saturated heterocycles. The van der Waals surface area contributed by atoms with Crippen LogP contribution in [0.3, 0.4) is 0 Å². The zero-order valence-electron chi connectivity index (χ0n) is 32.2. The zero-order valence-corrected chi connectivity index (χ0v) is 55.2. The van der Waals surface area contributed by atoms with Gasteiger partial charge in [0.25, 0.3) is 0 Å². The molecular weight excluding hydrogens is 1100 g/mol. The van der Waals surface area contributed by atoms with E-state index < -0.39 is 105 Å². The Morgan fingerprint density at radius 1 is 0.322 bits per heavy atom. The summed E-state index contributed by atoms with van der Waals surface area (Å²) < 4.78 is 97.4. The Kier molecular flexibility index (Phi) is 78.6. The molecule has 0 heterocycles. The van der Waals surface area contributed by atoms with Crippen molar-refractivity contribution < 1.29 is 350 Å². The van der Waals surface area contributed by atoms with Gasteiger partial charge in [0.05, 0.1) is 0 Å². The monoisotopic (exact) mass is 1140 g/mol. The third kappa shape index (κ3) is 153. The molecular formula is C9H36N3Na7O30P10. The maximum absolute atomic E-state index is 9.85. The van der Waals surface area contributed by atoms with Gasteiger partial charge < -0.3 is 133 Å². The van der Waals surface area contributed by atoms with Gasteiger partial charge in [-0.2, -0.15) is 0 Å². The van der Waals surface area contributed by atoms with E-state index in [1.165, 1.54) is 0 Å². The molecule has 0 aromatic rings. The molecule has 0 aromatic carbocycles. The van der Waals surface area contributed by atoms with Crippen LogP contribution in [0.15, 0.2) is 0 Å². The van der Waals surface area contributed by atoms with Crippen molar-refractivity contribution in [2.24, 2.45) is 11.5 Å². The average Bonchev–Trinajstić information content (AvgIpc) is 2.62. The summed E-state index contributed by atoms with van der Waals surface area (Å²) in [4.78, 5) is 170. The minimum Gasteiger partial charge on any atom is -0.810 e. The minimum absolute atomic E-state index is 0. The van der Waals surface area contributed by atoms with Crippen molar-refractivity contribution >= 4 is 76.0 Å². The van der Waals surface area contributed by atoms with E-state index in [1.54, 1.807) is 0 Å². The molecule has 1 atom stereocenters. The molecule has 324 valence electrons. The molecule has 0 aliphatic heterocycles. The van der Waals surface area contributed by atoms with Gasteiger partial charge in [0.15, 0.2) is 17.7 Å². The fraction of sp³-hybridized carbons (Fsp3) is 1.00. The summed E-state index contributed by atoms with van der Waals surface area (Å²) in [6.07, 6.45) is 0. The third-order valence-corrected chi connectivity index (χ3v) is 16.9. The summed E-state index contributed by atoms with van der Waals surface area (Å²) in [7, 11) is -47.7. The van der Waals surface area contributed by atoms with Crippen molar-refractivity contribution in [2.75, 3.05) is 55.7 Å². The van der Waals surface area contributed by atoms with Crippen LogP contribution in [0, 0.1) is 0 Å². The molecule has 0 aromatic heterocycles. The van der Waals surface area contributed by atoms with Gasteiger partial charge in [-0.05, 0) is 0 Å². The molecule has 0 amide bonds. The number of hydrogen-bond donors (Lipinski definition) is 16. The number of hydrogen-bond acceptors (Lipinski definition) is 20. The molecule has 0 radical (unpaired) electrons. The Morgan fingerprint density at radius 3 is 0.508 bits per heavy atom. The van der Waals surface area contributed by atoms with Gasteiger partial charge in [0.1, 0.15) is 7.60 Å². The van der Waals surface area contributed by atoms with Crippen molar-refractivity contribution in [3.8, 4) is 0 Å². The van der Waals surface area contributed by atoms with Gasteiger partial charge in [0.2, 0.25) is 0 Å². The maximum Gasteiger partial charge on any atom is 1.00 e. The number of rotatable bonds is 14. The quantitative estimate of drug-likeness (QED) is 0.0436. The second-order valence-corrected chi connectivity index (χ2v) is 27.1. The van der Waals surface area contributed by atoms with E-state index in [4.69, 9.17) is 75.1 Å². The van der Waals surface area contributed by atoms with Crippen LogP contribution in [0.25, 0.3) is 0 Å². The van der Waals surface area contributed by atoms with Crippen LogP contribution >= 0.6 is 76.0 Å². The molecule has 18 N–H and O–H groups in total. The molecule has 0 bridgehead atoms. The molecule has 0 aliphatic rings. The van der Waals surface area contributed by atoms with Gasteiger partial charge in [-0.1, -0.05) is 22.8 Å². The summed E-state index contributed by atoms with van der Waals surface area (Å²) in [5, 5.41) is 3.03. The molecule has 0 fully saturated rings. The first-order valence-electron chi connectivity index (χ1n) is 11.4. The zero-order chi connectivity index (χ0) is 44.1. The van der Waals surface area contributed by atoms with E-state index in [-0.39, 0.29) is 207 Å². The average molecular weight is 1140 g/mol. The maximum atomic E-state index is 9.85. The summed E-state index contributed by atoms with van der Waals surface area (Å²) in [5.41, 5.74) is 10.3. The second-order valence-electron chi connectivity index (χ2n) is 8.49. The SMILES string of the molecule is NCCNCCN.O=P(O)(O)CP(=O)(O)O.O=P(O)(O)CP(=O)(O)O.O=P(O)(O)CP(=O)(O)O.O=P([O-])([O-])CP(=O)([O-])O.O=P([O-])([O-])CP(=O)([O-])[O-].[Na+].[Na+].[Na+].[Na+].[Na+].[Na+].[Na+]. The van der Waals surface area contributed by atoms with E-state index in [1.807, 2.05) is 0 Å². The fourth-order valence-corrected chi connectivity index (χ4v) is 10.7. The van der Waals surface area contributed by atoms with Crippen molar-refractivity contribution in [2.45, 2.75) is 0 Å². The van der Waals surface area contributed by atoms with Gasteiger partial charge >= 0.3 is 252 Å². The van der Waals surface area contributed by atoms with E-state index in [2.05, 4.69) is 5.32 Å². The van der Waals surface area contributed by atoms with Gasteiger partial charge in [-0.15, -0.1) is 0 Å². The Morgan fingerprint density at radius 2 is 0.475 bits per heavy atom. The van der Waals surface area contributed by atoms with Crippen LogP contribution in [0.1, 0.15) is 0 Å². The molecule has 1 unspecified atom stereocenters. The normalized spacial score (nSPS) is 12.4. The van der Waals surface area contributed by atoms with Gasteiger partial charge in [-0.3, -0.25) is 27.4 Å². The summed E-state index contributed by atoms with van der Waals surface area (Å²) in [6.45, 7) is 3.13. The van der Waals surface area contributed by atoms with Crippen LogP contribution < -0.4 is 258 Å². The summed E-state index contributed by atoms with van der Waals surface area (Å²) >= 11 is 0. The minimum atomic E-state index is -5.18. The Hall–Kier alpha value is 8.38. The molecule has 33 nitrogen and oxygen atoms in total. The Bertz CT molecular complexity index is 1140. The van der Waals surface area contributed by atoms with E-state index >= 15 is 0 Å². The van der Waals surface area contributed by atoms with Crippen LogP contribution in [0.2, 0.25) is 0 Å². The summed E-state index contributed by atoms with van der Waals surface area (Å²) in [6, 6.07) is 0. The van der Waals surface area contributed by atoms with Gasteiger partial charge in [-0.25, -0.2) is 0 Å². The summed E-state index contributed by atoms with van der Waals surface area (Å²) in [5.74, 6) is -7.65. The second kappa shape index (κ2) is 46.2. The first-order valence-corrected chi connectivity index (χ1v) is 29.1. The van der Waals surface area contributed by atoms with E-state index in [9.17, 15) is 79.9 Å². The largest absolute Gasteiger partial charge is 1.00 e. The predicted molar refractivity (Wildman–Crippen MR) is 160 cm³/mol. The van der Waals surface area contributed by atoms with Crippen molar-refractivity contribution in [3.63, 3.8) is 0 Å². The van der Waals surface area contributed by atoms with Crippen LogP contribution in [0.4, 0.5) is 0 Å². The first kappa shape index (κ1) is 100. The number of nitrogens with two attached hydrogens (primary N) is 2. The van der Waals surface area contributed by atoms with Crippen molar-refractivity contribution in [3.05, 3.63) is 0 Å². The molecule has 0 aliphatic carbocycles.